The summed E-state index contributed by atoms with van der Waals surface area (Å²) >= 11 is 0. The summed E-state index contributed by atoms with van der Waals surface area (Å²) in [5.41, 5.74) is 0.268. The molecule has 1 N–H and O–H groups in total. The number of fused-ring (bicyclic) bond motifs is 1. The van der Waals surface area contributed by atoms with Crippen molar-refractivity contribution in [3.8, 4) is 0 Å². The maximum Gasteiger partial charge on any atom is 0.273 e. The van der Waals surface area contributed by atoms with Crippen LogP contribution in [0.4, 0.5) is 0 Å². The molecule has 8 heteroatoms. The summed E-state index contributed by atoms with van der Waals surface area (Å²) in [5, 5.41) is 0.314. The summed E-state index contributed by atoms with van der Waals surface area (Å²) in [6, 6.07) is 1.80. The highest BCUT2D eigenvalue weighted by molar-refractivity contribution is 5.97. The lowest BCUT2D eigenvalue weighted by atomic mass is 10.2. The normalized spacial score (nSPS) is 18.5. The van der Waals surface area contributed by atoms with E-state index in [1.165, 1.54) is 23.5 Å². The molecule has 0 atom stereocenters. The average molecular weight is 313 g/mol. The number of aromatic amines is 1. The molecule has 8 nitrogen and oxygen atoms in total. The fourth-order valence-corrected chi connectivity index (χ4v) is 2.88. The van der Waals surface area contributed by atoms with Gasteiger partial charge in [0.1, 0.15) is 12.2 Å². The van der Waals surface area contributed by atoms with Crippen molar-refractivity contribution >= 4 is 22.7 Å². The number of amides is 2. The molecule has 1 aliphatic heterocycles. The van der Waals surface area contributed by atoms with Crippen LogP contribution in [0, 0.1) is 0 Å². The second kappa shape index (κ2) is 5.15. The first-order chi connectivity index (χ1) is 11.1. The Hall–Kier alpha value is -2.77. The number of rotatable bonds is 2. The molecule has 0 bridgehead atoms. The number of carbonyl (C=O) groups is 2. The zero-order valence-corrected chi connectivity index (χ0v) is 12.4. The van der Waals surface area contributed by atoms with E-state index in [9.17, 15) is 14.4 Å². The molecule has 23 heavy (non-hydrogen) atoms. The molecule has 4 rings (SSSR count). The number of H-pyrrole nitrogens is 1. The Labute approximate surface area is 131 Å². The van der Waals surface area contributed by atoms with E-state index in [0.29, 0.717) is 30.0 Å². The van der Waals surface area contributed by atoms with Gasteiger partial charge in [-0.3, -0.25) is 14.4 Å². The maximum absolute atomic E-state index is 12.6. The Balaban J connectivity index is 1.58. The lowest BCUT2D eigenvalue weighted by Gasteiger charge is -2.34. The average Bonchev–Trinajstić information content (AvgIpc) is 3.39. The summed E-state index contributed by atoms with van der Waals surface area (Å²) in [5.74, 6) is -0.355. The molecule has 2 amide bonds. The minimum Gasteiger partial charge on any atom is -0.336 e. The van der Waals surface area contributed by atoms with Gasteiger partial charge in [-0.25, -0.2) is 9.97 Å². The van der Waals surface area contributed by atoms with Gasteiger partial charge in [-0.2, -0.15) is 0 Å². The number of piperazine rings is 1. The van der Waals surface area contributed by atoms with Crippen LogP contribution in [-0.2, 0) is 4.79 Å². The van der Waals surface area contributed by atoms with Crippen LogP contribution in [0.3, 0.4) is 0 Å². The monoisotopic (exact) mass is 313 g/mol. The highest BCUT2D eigenvalue weighted by Crippen LogP contribution is 2.28. The highest BCUT2D eigenvalue weighted by atomic mass is 16.2. The van der Waals surface area contributed by atoms with Gasteiger partial charge in [0.05, 0.1) is 23.4 Å². The summed E-state index contributed by atoms with van der Waals surface area (Å²) in [4.78, 5) is 50.4. The minimum absolute atomic E-state index is 0.0209. The van der Waals surface area contributed by atoms with Crippen LogP contribution in [0.25, 0.3) is 10.9 Å². The third kappa shape index (κ3) is 2.45. The second-order valence-corrected chi connectivity index (χ2v) is 5.86. The predicted octanol–water partition coefficient (Wildman–Crippen LogP) is -0.235. The molecular weight excluding hydrogens is 298 g/mol. The largest absolute Gasteiger partial charge is 0.336 e. The number of carbonyl (C=O) groups excluding carboxylic acids is 2. The molecule has 3 heterocycles. The molecule has 1 saturated carbocycles. The van der Waals surface area contributed by atoms with Crippen LogP contribution in [0.2, 0.25) is 0 Å². The maximum atomic E-state index is 12.6. The summed E-state index contributed by atoms with van der Waals surface area (Å²) in [6.45, 7) is 1.12. The van der Waals surface area contributed by atoms with E-state index in [2.05, 4.69) is 15.0 Å². The Morgan fingerprint density at radius 1 is 1.22 bits per heavy atom. The van der Waals surface area contributed by atoms with Crippen LogP contribution in [0.1, 0.15) is 23.3 Å². The van der Waals surface area contributed by atoms with Gasteiger partial charge in [-0.1, -0.05) is 0 Å². The molecule has 0 aromatic carbocycles. The Morgan fingerprint density at radius 2 is 2.04 bits per heavy atom. The first-order valence-electron chi connectivity index (χ1n) is 7.55. The Bertz CT molecular complexity index is 858. The molecule has 1 aliphatic carbocycles. The minimum atomic E-state index is -0.334. The molecule has 2 aliphatic rings. The van der Waals surface area contributed by atoms with Gasteiger partial charge in [-0.05, 0) is 18.9 Å². The number of nitrogens with one attached hydrogen (secondary N) is 1. The zero-order valence-electron chi connectivity index (χ0n) is 12.4. The first kappa shape index (κ1) is 13.9. The molecule has 0 unspecified atom stereocenters. The number of hydrogen-bond donors (Lipinski definition) is 1. The predicted molar refractivity (Wildman–Crippen MR) is 80.8 cm³/mol. The second-order valence-electron chi connectivity index (χ2n) is 5.86. The van der Waals surface area contributed by atoms with Crippen molar-refractivity contribution in [2.24, 2.45) is 0 Å². The van der Waals surface area contributed by atoms with Gasteiger partial charge in [-0.15, -0.1) is 0 Å². The topological polar surface area (TPSA) is 99.3 Å². The van der Waals surface area contributed by atoms with Crippen molar-refractivity contribution in [2.75, 3.05) is 19.6 Å². The quantitative estimate of drug-likeness (QED) is 0.825. The molecule has 2 aromatic rings. The standard InChI is InChI=1S/C15H15N5O3/c21-13-7-19(3-4-20(13)9-1-2-9)15(23)11-5-10-12(6-16-11)17-8-18-14(10)22/h5-6,8-9H,1-4,7H2,(H,17,18,22). The summed E-state index contributed by atoms with van der Waals surface area (Å²) in [7, 11) is 0. The molecule has 2 aromatic heterocycles. The van der Waals surface area contributed by atoms with Crippen molar-refractivity contribution in [1.29, 1.82) is 0 Å². The van der Waals surface area contributed by atoms with Crippen LogP contribution < -0.4 is 5.56 Å². The van der Waals surface area contributed by atoms with Gasteiger partial charge in [0.25, 0.3) is 11.5 Å². The third-order valence-electron chi connectivity index (χ3n) is 4.28. The Kier molecular flexibility index (Phi) is 3.10. The molecule has 2 fully saturated rings. The number of hydrogen-bond acceptors (Lipinski definition) is 5. The summed E-state index contributed by atoms with van der Waals surface area (Å²) < 4.78 is 0. The lowest BCUT2D eigenvalue weighted by molar-refractivity contribution is -0.135. The van der Waals surface area contributed by atoms with E-state index in [4.69, 9.17) is 0 Å². The van der Waals surface area contributed by atoms with Gasteiger partial charge < -0.3 is 14.8 Å². The van der Waals surface area contributed by atoms with Gasteiger partial charge >= 0.3 is 0 Å². The van der Waals surface area contributed by atoms with E-state index in [1.54, 1.807) is 0 Å². The van der Waals surface area contributed by atoms with E-state index in [0.717, 1.165) is 12.8 Å². The van der Waals surface area contributed by atoms with E-state index in [-0.39, 0.29) is 29.6 Å². The van der Waals surface area contributed by atoms with Crippen LogP contribution in [0.5, 0.6) is 0 Å². The van der Waals surface area contributed by atoms with Crippen molar-refractivity contribution in [1.82, 2.24) is 24.8 Å². The SMILES string of the molecule is O=C(c1cc2c(=O)[nH]cnc2cn1)N1CCN(C2CC2)C(=O)C1. The number of aromatic nitrogens is 3. The first-order valence-corrected chi connectivity index (χ1v) is 7.55. The summed E-state index contributed by atoms with van der Waals surface area (Å²) in [6.07, 6.45) is 4.81. The van der Waals surface area contributed by atoms with Gasteiger partial charge in [0.15, 0.2) is 0 Å². The number of pyridine rings is 1. The third-order valence-corrected chi connectivity index (χ3v) is 4.28. The fourth-order valence-electron chi connectivity index (χ4n) is 2.88. The van der Waals surface area contributed by atoms with Gasteiger partial charge in [0, 0.05) is 19.1 Å². The van der Waals surface area contributed by atoms with Crippen LogP contribution in [-0.4, -0.2) is 62.2 Å². The lowest BCUT2D eigenvalue weighted by Crippen LogP contribution is -2.53. The van der Waals surface area contributed by atoms with Crippen molar-refractivity contribution < 1.29 is 9.59 Å². The smallest absolute Gasteiger partial charge is 0.273 e. The Morgan fingerprint density at radius 3 is 2.78 bits per heavy atom. The number of nitrogens with zero attached hydrogens (tertiary/aromatic N) is 4. The van der Waals surface area contributed by atoms with Crippen LogP contribution >= 0.6 is 0 Å². The van der Waals surface area contributed by atoms with Crippen molar-refractivity contribution in [2.45, 2.75) is 18.9 Å². The van der Waals surface area contributed by atoms with Crippen molar-refractivity contribution in [3.63, 3.8) is 0 Å². The van der Waals surface area contributed by atoms with Crippen molar-refractivity contribution in [3.05, 3.63) is 34.6 Å². The molecule has 0 radical (unpaired) electrons. The molecule has 1 saturated heterocycles. The van der Waals surface area contributed by atoms with Gasteiger partial charge in [0.2, 0.25) is 5.91 Å². The van der Waals surface area contributed by atoms with Crippen LogP contribution in [0.15, 0.2) is 23.4 Å². The highest BCUT2D eigenvalue weighted by Gasteiger charge is 2.37. The van der Waals surface area contributed by atoms with E-state index < -0.39 is 0 Å². The fraction of sp³-hybridized carbons (Fsp3) is 0.400. The molecular formula is C15H15N5O3. The van der Waals surface area contributed by atoms with E-state index in [1.807, 2.05) is 4.90 Å². The molecule has 0 spiro atoms. The van der Waals surface area contributed by atoms with E-state index >= 15 is 0 Å². The zero-order chi connectivity index (χ0) is 16.0. The molecule has 118 valence electrons.